The van der Waals surface area contributed by atoms with Crippen LogP contribution in [0.5, 0.6) is 0 Å². The van der Waals surface area contributed by atoms with Crippen LogP contribution in [-0.2, 0) is 20.9 Å². The van der Waals surface area contributed by atoms with E-state index in [4.69, 9.17) is 9.15 Å². The number of ether oxygens (including phenoxy) is 1. The second kappa shape index (κ2) is 8.79. The monoisotopic (exact) mass is 405 g/mol. The van der Waals surface area contributed by atoms with E-state index in [0.717, 1.165) is 32.4 Å². The molecule has 4 rings (SSSR count). The predicted molar refractivity (Wildman–Crippen MR) is 104 cm³/mol. The zero-order valence-electron chi connectivity index (χ0n) is 17.3. The van der Waals surface area contributed by atoms with Crippen LogP contribution in [0.15, 0.2) is 4.42 Å². The molecule has 0 spiro atoms. The van der Waals surface area contributed by atoms with Crippen molar-refractivity contribution >= 4 is 11.8 Å². The van der Waals surface area contributed by atoms with Gasteiger partial charge in [0, 0.05) is 45.6 Å². The Bertz CT molecular complexity index is 738. The minimum Gasteiger partial charge on any atom is -0.424 e. The zero-order valence-corrected chi connectivity index (χ0v) is 17.3. The second-order valence-corrected chi connectivity index (χ2v) is 8.43. The first-order valence-electron chi connectivity index (χ1n) is 10.7. The van der Waals surface area contributed by atoms with Crippen LogP contribution >= 0.6 is 0 Å². The number of carbonyl (C=O) groups is 2. The van der Waals surface area contributed by atoms with Crippen molar-refractivity contribution < 1.29 is 18.7 Å². The highest BCUT2D eigenvalue weighted by molar-refractivity contribution is 5.79. The van der Waals surface area contributed by atoms with Gasteiger partial charge in [-0.25, -0.2) is 0 Å². The maximum Gasteiger partial charge on any atom is 0.246 e. The lowest BCUT2D eigenvalue weighted by Gasteiger charge is -2.56. The van der Waals surface area contributed by atoms with E-state index in [1.807, 2.05) is 6.92 Å². The molecule has 9 heteroatoms. The van der Waals surface area contributed by atoms with E-state index in [2.05, 4.69) is 25.3 Å². The van der Waals surface area contributed by atoms with Gasteiger partial charge in [-0.3, -0.25) is 14.5 Å². The van der Waals surface area contributed by atoms with Crippen LogP contribution in [0.3, 0.4) is 0 Å². The summed E-state index contributed by atoms with van der Waals surface area (Å²) in [5, 5.41) is 11.1. The van der Waals surface area contributed by atoms with Crippen molar-refractivity contribution in [3.8, 4) is 0 Å². The molecule has 4 heterocycles. The van der Waals surface area contributed by atoms with Crippen molar-refractivity contribution in [1.29, 1.82) is 0 Å². The molecule has 0 unspecified atom stereocenters. The quantitative estimate of drug-likeness (QED) is 0.714. The van der Waals surface area contributed by atoms with E-state index in [9.17, 15) is 9.59 Å². The molecule has 1 aromatic rings. The van der Waals surface area contributed by atoms with Gasteiger partial charge < -0.3 is 19.4 Å². The van der Waals surface area contributed by atoms with Crippen molar-refractivity contribution in [3.63, 3.8) is 0 Å². The molecule has 29 heavy (non-hydrogen) atoms. The Labute approximate surface area is 171 Å². The fourth-order valence-electron chi connectivity index (χ4n) is 5.32. The summed E-state index contributed by atoms with van der Waals surface area (Å²) >= 11 is 0. The number of piperidine rings is 3. The average molecular weight is 405 g/mol. The molecule has 3 aliphatic heterocycles. The molecular formula is C20H31N5O4. The van der Waals surface area contributed by atoms with Crippen molar-refractivity contribution in [1.82, 2.24) is 25.3 Å². The van der Waals surface area contributed by atoms with E-state index in [1.54, 1.807) is 6.92 Å². The summed E-state index contributed by atoms with van der Waals surface area (Å²) in [6.45, 7) is 7.17. The van der Waals surface area contributed by atoms with Crippen LogP contribution in [0.4, 0.5) is 0 Å². The molecule has 3 fully saturated rings. The molecule has 0 saturated carbocycles. The maximum absolute atomic E-state index is 12.8. The molecule has 3 aliphatic rings. The van der Waals surface area contributed by atoms with Gasteiger partial charge in [0.1, 0.15) is 6.61 Å². The molecule has 1 aromatic heterocycles. The van der Waals surface area contributed by atoms with Crippen molar-refractivity contribution in [2.45, 2.75) is 58.2 Å². The highest BCUT2D eigenvalue weighted by Crippen LogP contribution is 2.41. The molecule has 4 atom stereocenters. The fourth-order valence-corrected chi connectivity index (χ4v) is 5.32. The molecule has 0 radical (unpaired) electrons. The number of rotatable bonds is 7. The number of nitrogens with one attached hydrogen (secondary N) is 1. The number of likely N-dealkylation sites (tertiary alicyclic amines) is 1. The lowest BCUT2D eigenvalue weighted by atomic mass is 9.72. The minimum atomic E-state index is -0.121. The lowest BCUT2D eigenvalue weighted by Crippen LogP contribution is -2.67. The number of nitrogens with zero attached hydrogens (tertiary/aromatic N) is 4. The first-order chi connectivity index (χ1) is 14.0. The summed E-state index contributed by atoms with van der Waals surface area (Å²) in [5.41, 5.74) is 0. The summed E-state index contributed by atoms with van der Waals surface area (Å²) in [6, 6.07) is 0.287. The van der Waals surface area contributed by atoms with Crippen molar-refractivity contribution in [2.75, 3.05) is 32.8 Å². The normalized spacial score (nSPS) is 29.6. The lowest BCUT2D eigenvalue weighted by molar-refractivity contribution is -0.153. The molecule has 2 amide bonds. The summed E-state index contributed by atoms with van der Waals surface area (Å²) < 4.78 is 10.8. The number of hydrogen-bond donors (Lipinski definition) is 1. The van der Waals surface area contributed by atoms with Gasteiger partial charge in [0.2, 0.25) is 23.6 Å². The number of hydrogen-bond acceptors (Lipinski definition) is 7. The van der Waals surface area contributed by atoms with Crippen LogP contribution in [0.1, 0.15) is 44.4 Å². The van der Waals surface area contributed by atoms with E-state index in [-0.39, 0.29) is 30.5 Å². The van der Waals surface area contributed by atoms with Gasteiger partial charge in [-0.1, -0.05) is 0 Å². The average Bonchev–Trinajstić information content (AvgIpc) is 3.11. The third-order valence-electron chi connectivity index (χ3n) is 6.44. The maximum atomic E-state index is 12.8. The van der Waals surface area contributed by atoms with Crippen molar-refractivity contribution in [2.24, 2.45) is 11.8 Å². The van der Waals surface area contributed by atoms with Crippen LogP contribution < -0.4 is 5.32 Å². The van der Waals surface area contributed by atoms with Crippen LogP contribution in [-0.4, -0.2) is 76.7 Å². The second-order valence-electron chi connectivity index (χ2n) is 8.43. The number of fused-ring (bicyclic) bond motifs is 4. The third kappa shape index (κ3) is 4.45. The van der Waals surface area contributed by atoms with E-state index in [0.29, 0.717) is 49.7 Å². The minimum absolute atomic E-state index is 0.0295. The molecule has 2 bridgehead atoms. The molecule has 160 valence electrons. The Kier molecular flexibility index (Phi) is 6.15. The van der Waals surface area contributed by atoms with Gasteiger partial charge in [0.05, 0.1) is 12.6 Å². The highest BCUT2D eigenvalue weighted by Gasteiger charge is 2.49. The third-order valence-corrected chi connectivity index (χ3v) is 6.44. The van der Waals surface area contributed by atoms with Gasteiger partial charge in [0.15, 0.2) is 0 Å². The molecule has 1 N–H and O–H groups in total. The predicted octanol–water partition coefficient (Wildman–Crippen LogP) is 0.732. The largest absolute Gasteiger partial charge is 0.424 e. The Morgan fingerprint density at radius 1 is 1.31 bits per heavy atom. The number of aromatic nitrogens is 2. The van der Waals surface area contributed by atoms with Gasteiger partial charge >= 0.3 is 0 Å². The van der Waals surface area contributed by atoms with Gasteiger partial charge in [-0.05, 0) is 38.0 Å². The molecule has 9 nitrogen and oxygen atoms in total. The Hall–Kier alpha value is -2.00. The summed E-state index contributed by atoms with van der Waals surface area (Å²) in [6.07, 6.45) is 3.71. The highest BCUT2D eigenvalue weighted by atomic mass is 16.5. The van der Waals surface area contributed by atoms with Gasteiger partial charge in [-0.2, -0.15) is 0 Å². The first kappa shape index (κ1) is 20.3. The first-order valence-corrected chi connectivity index (χ1v) is 10.7. The summed E-state index contributed by atoms with van der Waals surface area (Å²) in [4.78, 5) is 29.4. The smallest absolute Gasteiger partial charge is 0.246 e. The molecule has 3 saturated heterocycles. The number of amides is 2. The Morgan fingerprint density at radius 3 is 2.90 bits per heavy atom. The van der Waals surface area contributed by atoms with E-state index >= 15 is 0 Å². The summed E-state index contributed by atoms with van der Waals surface area (Å²) in [7, 11) is 0. The topological polar surface area (TPSA) is 101 Å². The fraction of sp³-hybridized carbons (Fsp3) is 0.800. The SMILES string of the molecule is CCOCC(=O)NC[C@H]1[C@H]2C[C@H](CN(Cc3nnc(C)o3)C2)[C@@H]2CCCC(=O)N21. The van der Waals surface area contributed by atoms with Crippen LogP contribution in [0.2, 0.25) is 0 Å². The number of carbonyl (C=O) groups excluding carboxylic acids is 2. The zero-order chi connectivity index (χ0) is 20.4. The van der Waals surface area contributed by atoms with E-state index in [1.165, 1.54) is 0 Å². The standard InChI is InChI=1S/C20H31N5O4/c1-3-28-12-18(26)21-8-17-15-7-14(16-5-4-6-20(27)25(16)17)9-24(10-15)11-19-23-22-13(2)29-19/h14-17H,3-12H2,1-2H3,(H,21,26)/t14-,15+,16+,17+/m1/s1. The van der Waals surface area contributed by atoms with Gasteiger partial charge in [-0.15, -0.1) is 10.2 Å². The van der Waals surface area contributed by atoms with Gasteiger partial charge in [0.25, 0.3) is 0 Å². The summed E-state index contributed by atoms with van der Waals surface area (Å²) in [5.74, 6) is 2.11. The molecule has 0 aromatic carbocycles. The van der Waals surface area contributed by atoms with Crippen molar-refractivity contribution in [3.05, 3.63) is 11.8 Å². The Balaban J connectivity index is 1.47. The van der Waals surface area contributed by atoms with Crippen LogP contribution in [0.25, 0.3) is 0 Å². The van der Waals surface area contributed by atoms with E-state index < -0.39 is 0 Å². The number of aryl methyl sites for hydroxylation is 1. The molecule has 0 aliphatic carbocycles. The Morgan fingerprint density at radius 2 is 2.14 bits per heavy atom. The molecular weight excluding hydrogens is 374 g/mol. The van der Waals surface area contributed by atoms with Crippen LogP contribution in [0, 0.1) is 18.8 Å².